The number of hydrogen-bond acceptors (Lipinski definition) is 7. The van der Waals surface area contributed by atoms with Crippen LogP contribution in [0.5, 0.6) is 0 Å². The lowest BCUT2D eigenvalue weighted by molar-refractivity contribution is -0.137. The summed E-state index contributed by atoms with van der Waals surface area (Å²) in [6.07, 6.45) is -1.66. The number of carbonyl (C=O) groups is 1. The van der Waals surface area contributed by atoms with E-state index in [0.717, 1.165) is 18.3 Å². The summed E-state index contributed by atoms with van der Waals surface area (Å²) in [6, 6.07) is 8.23. The summed E-state index contributed by atoms with van der Waals surface area (Å²) < 4.78 is 58.1. The molecule has 0 spiro atoms. The van der Waals surface area contributed by atoms with E-state index < -0.39 is 17.6 Å². The summed E-state index contributed by atoms with van der Waals surface area (Å²) in [5, 5.41) is 2.78. The minimum atomic E-state index is -4.41. The third-order valence-electron chi connectivity index (χ3n) is 5.22. The largest absolute Gasteiger partial charge is 0.416 e. The second-order valence-corrected chi connectivity index (χ2v) is 7.67. The number of halogens is 4. The number of ketones is 1. The van der Waals surface area contributed by atoms with Crippen molar-refractivity contribution in [1.82, 2.24) is 15.0 Å². The van der Waals surface area contributed by atoms with Crippen LogP contribution in [-0.2, 0) is 17.3 Å². The van der Waals surface area contributed by atoms with Gasteiger partial charge in [0.1, 0.15) is 5.69 Å². The first kappa shape index (κ1) is 23.6. The first-order valence-electron chi connectivity index (χ1n) is 10.5. The third kappa shape index (κ3) is 5.84. The van der Waals surface area contributed by atoms with Crippen molar-refractivity contribution in [2.75, 3.05) is 43.1 Å². The molecule has 4 rings (SSSR count). The minimum Gasteiger partial charge on any atom is -0.378 e. The highest BCUT2D eigenvalue weighted by Gasteiger charge is 2.30. The Morgan fingerprint density at radius 3 is 2.56 bits per heavy atom. The molecule has 2 aromatic heterocycles. The van der Waals surface area contributed by atoms with Gasteiger partial charge >= 0.3 is 6.18 Å². The standard InChI is InChI=1S/C23H21F4N5O2/c24-18-13-29-22(31-21(18)32-6-8-34-9-7-32)30-14-20(33)19-5-4-16(12-28-19)10-15-2-1-3-17(11-15)23(25,26)27/h1-5,11-13H,6-10,14H2,(H,29,30,31). The van der Waals surface area contributed by atoms with E-state index in [4.69, 9.17) is 4.74 Å². The van der Waals surface area contributed by atoms with Gasteiger partial charge in [0.05, 0.1) is 31.5 Å². The van der Waals surface area contributed by atoms with Gasteiger partial charge in [0.2, 0.25) is 5.95 Å². The monoisotopic (exact) mass is 475 g/mol. The molecule has 178 valence electrons. The molecule has 0 amide bonds. The molecule has 34 heavy (non-hydrogen) atoms. The van der Waals surface area contributed by atoms with Gasteiger partial charge in [-0.25, -0.2) is 9.37 Å². The van der Waals surface area contributed by atoms with Crippen LogP contribution in [0.3, 0.4) is 0 Å². The van der Waals surface area contributed by atoms with Crippen molar-refractivity contribution in [1.29, 1.82) is 0 Å². The molecule has 1 N–H and O–H groups in total. The highest BCUT2D eigenvalue weighted by atomic mass is 19.4. The van der Waals surface area contributed by atoms with E-state index in [9.17, 15) is 22.4 Å². The number of anilines is 2. The van der Waals surface area contributed by atoms with Gasteiger partial charge in [-0.05, 0) is 29.7 Å². The fourth-order valence-corrected chi connectivity index (χ4v) is 3.48. The van der Waals surface area contributed by atoms with Crippen molar-refractivity contribution in [2.45, 2.75) is 12.6 Å². The van der Waals surface area contributed by atoms with Crippen LogP contribution in [0, 0.1) is 5.82 Å². The lowest BCUT2D eigenvalue weighted by Crippen LogP contribution is -2.37. The molecule has 1 aliphatic heterocycles. The van der Waals surface area contributed by atoms with E-state index in [0.29, 0.717) is 37.4 Å². The summed E-state index contributed by atoms with van der Waals surface area (Å²) in [5.41, 5.74) is 0.620. The van der Waals surface area contributed by atoms with Gasteiger partial charge in [0.25, 0.3) is 0 Å². The molecule has 0 saturated carbocycles. The number of Topliss-reactive ketones (excluding diaryl/α,β-unsaturated/α-hetero) is 1. The van der Waals surface area contributed by atoms with Gasteiger partial charge < -0.3 is 15.0 Å². The molecular weight excluding hydrogens is 454 g/mol. The van der Waals surface area contributed by atoms with E-state index in [1.54, 1.807) is 17.0 Å². The number of alkyl halides is 3. The number of carbonyl (C=O) groups excluding carboxylic acids is 1. The molecule has 0 bridgehead atoms. The lowest BCUT2D eigenvalue weighted by Gasteiger charge is -2.28. The SMILES string of the molecule is O=C(CNc1ncc(F)c(N2CCOCC2)n1)c1ccc(Cc2cccc(C(F)(F)F)c2)cn1. The van der Waals surface area contributed by atoms with E-state index >= 15 is 0 Å². The number of morpholine rings is 1. The summed E-state index contributed by atoms with van der Waals surface area (Å²) in [6.45, 7) is 1.79. The summed E-state index contributed by atoms with van der Waals surface area (Å²) in [7, 11) is 0. The topological polar surface area (TPSA) is 80.2 Å². The van der Waals surface area contributed by atoms with Crippen LogP contribution >= 0.6 is 0 Å². The Hall–Kier alpha value is -3.60. The second kappa shape index (κ2) is 10.1. The van der Waals surface area contributed by atoms with Crippen LogP contribution in [0.15, 0.2) is 48.8 Å². The van der Waals surface area contributed by atoms with E-state index in [1.807, 2.05) is 0 Å². The molecule has 0 aliphatic carbocycles. The Morgan fingerprint density at radius 1 is 1.06 bits per heavy atom. The van der Waals surface area contributed by atoms with Crippen molar-refractivity contribution < 1.29 is 27.1 Å². The number of hydrogen-bond donors (Lipinski definition) is 1. The number of aromatic nitrogens is 3. The maximum absolute atomic E-state index is 14.1. The maximum atomic E-state index is 14.1. The van der Waals surface area contributed by atoms with Gasteiger partial charge in [-0.1, -0.05) is 24.3 Å². The average molecular weight is 475 g/mol. The molecule has 0 atom stereocenters. The van der Waals surface area contributed by atoms with Crippen molar-refractivity contribution in [3.05, 3.63) is 77.0 Å². The van der Waals surface area contributed by atoms with Crippen LogP contribution in [0.4, 0.5) is 29.3 Å². The van der Waals surface area contributed by atoms with Crippen LogP contribution in [0.2, 0.25) is 0 Å². The maximum Gasteiger partial charge on any atom is 0.416 e. The molecule has 3 aromatic rings. The van der Waals surface area contributed by atoms with Gasteiger partial charge in [0.15, 0.2) is 17.4 Å². The fourth-order valence-electron chi connectivity index (χ4n) is 3.48. The third-order valence-corrected chi connectivity index (χ3v) is 5.22. The van der Waals surface area contributed by atoms with Crippen LogP contribution in [-0.4, -0.2) is 53.6 Å². The Kier molecular flexibility index (Phi) is 7.01. The zero-order valence-electron chi connectivity index (χ0n) is 18.0. The van der Waals surface area contributed by atoms with Crippen molar-refractivity contribution in [3.63, 3.8) is 0 Å². The first-order valence-corrected chi connectivity index (χ1v) is 10.5. The van der Waals surface area contributed by atoms with Gasteiger partial charge in [-0.3, -0.25) is 9.78 Å². The number of benzene rings is 1. The number of nitrogens with zero attached hydrogens (tertiary/aromatic N) is 4. The fraction of sp³-hybridized carbons (Fsp3) is 0.304. The van der Waals surface area contributed by atoms with Crippen LogP contribution < -0.4 is 10.2 Å². The molecule has 3 heterocycles. The number of rotatable bonds is 7. The number of nitrogens with one attached hydrogen (secondary N) is 1. The average Bonchev–Trinajstić information content (AvgIpc) is 2.84. The highest BCUT2D eigenvalue weighted by molar-refractivity contribution is 5.97. The van der Waals surface area contributed by atoms with E-state index in [2.05, 4.69) is 20.3 Å². The molecular formula is C23H21F4N5O2. The van der Waals surface area contributed by atoms with Gasteiger partial charge in [-0.15, -0.1) is 0 Å². The molecule has 0 radical (unpaired) electrons. The molecule has 0 unspecified atom stereocenters. The van der Waals surface area contributed by atoms with Crippen LogP contribution in [0.25, 0.3) is 0 Å². The molecule has 1 saturated heterocycles. The normalized spacial score (nSPS) is 14.2. The molecule has 11 heteroatoms. The summed E-state index contributed by atoms with van der Waals surface area (Å²) in [4.78, 5) is 26.4. The summed E-state index contributed by atoms with van der Waals surface area (Å²) >= 11 is 0. The number of ether oxygens (including phenoxy) is 1. The van der Waals surface area contributed by atoms with Crippen molar-refractivity contribution in [3.8, 4) is 0 Å². The quantitative estimate of drug-likeness (QED) is 0.412. The predicted octanol–water partition coefficient (Wildman–Crippen LogP) is 3.75. The Labute approximate surface area is 192 Å². The first-order chi connectivity index (χ1) is 16.3. The molecule has 1 fully saturated rings. The lowest BCUT2D eigenvalue weighted by atomic mass is 10.0. The van der Waals surface area contributed by atoms with Crippen molar-refractivity contribution >= 4 is 17.5 Å². The van der Waals surface area contributed by atoms with Gasteiger partial charge in [0, 0.05) is 19.3 Å². The highest BCUT2D eigenvalue weighted by Crippen LogP contribution is 2.30. The Morgan fingerprint density at radius 2 is 1.85 bits per heavy atom. The summed E-state index contributed by atoms with van der Waals surface area (Å²) in [5.74, 6) is -0.647. The molecule has 1 aliphatic rings. The Bertz CT molecular complexity index is 1150. The van der Waals surface area contributed by atoms with Crippen molar-refractivity contribution in [2.24, 2.45) is 0 Å². The number of pyridine rings is 1. The van der Waals surface area contributed by atoms with Gasteiger partial charge in [-0.2, -0.15) is 18.2 Å². The Balaban J connectivity index is 1.36. The smallest absolute Gasteiger partial charge is 0.378 e. The van der Waals surface area contributed by atoms with E-state index in [1.165, 1.54) is 18.3 Å². The van der Waals surface area contributed by atoms with Crippen LogP contribution in [0.1, 0.15) is 27.2 Å². The zero-order valence-corrected chi connectivity index (χ0v) is 18.0. The predicted molar refractivity (Wildman–Crippen MR) is 116 cm³/mol. The molecule has 7 nitrogen and oxygen atoms in total. The molecule has 1 aromatic carbocycles. The minimum absolute atomic E-state index is 0.109. The second-order valence-electron chi connectivity index (χ2n) is 7.67. The zero-order chi connectivity index (χ0) is 24.1. The van der Waals surface area contributed by atoms with E-state index in [-0.39, 0.29) is 36.2 Å².